The quantitative estimate of drug-likeness (QED) is 0.738. The lowest BCUT2D eigenvalue weighted by Crippen LogP contribution is -2.52. The first-order valence-electron chi connectivity index (χ1n) is 9.79. The van der Waals surface area contributed by atoms with Gasteiger partial charge in [0, 0.05) is 51.5 Å². The molecule has 1 aromatic heterocycles. The fourth-order valence-electron chi connectivity index (χ4n) is 3.66. The first-order valence-corrected chi connectivity index (χ1v) is 9.79. The second-order valence-electron chi connectivity index (χ2n) is 7.48. The predicted molar refractivity (Wildman–Crippen MR) is 99.2 cm³/mol. The monoisotopic (exact) mass is 414 g/mol. The van der Waals surface area contributed by atoms with Crippen LogP contribution in [0.3, 0.4) is 0 Å². The molecule has 0 unspecified atom stereocenters. The Morgan fingerprint density at radius 3 is 2.03 bits per heavy atom. The third-order valence-corrected chi connectivity index (χ3v) is 5.41. The number of nitrogens with zero attached hydrogens (tertiary/aromatic N) is 4. The van der Waals surface area contributed by atoms with Crippen molar-refractivity contribution in [1.82, 2.24) is 19.3 Å². The first-order chi connectivity index (χ1) is 13.7. The molecule has 0 radical (unpaired) electrons. The van der Waals surface area contributed by atoms with Crippen LogP contribution in [0, 0.1) is 0 Å². The summed E-state index contributed by atoms with van der Waals surface area (Å²) in [5, 5.41) is 0. The number of piperidine rings is 1. The molecule has 0 aromatic carbocycles. The molecule has 3 heterocycles. The van der Waals surface area contributed by atoms with Crippen molar-refractivity contribution in [2.45, 2.75) is 32.0 Å². The van der Waals surface area contributed by atoms with E-state index in [1.165, 1.54) is 4.90 Å². The summed E-state index contributed by atoms with van der Waals surface area (Å²) < 4.78 is 39.3. The summed E-state index contributed by atoms with van der Waals surface area (Å²) in [4.78, 5) is 42.0. The zero-order valence-electron chi connectivity index (χ0n) is 16.2. The second kappa shape index (κ2) is 8.98. The summed E-state index contributed by atoms with van der Waals surface area (Å²) in [6.07, 6.45) is -0.690. The van der Waals surface area contributed by atoms with E-state index in [4.69, 9.17) is 0 Å². The molecule has 0 spiro atoms. The Labute approximate surface area is 166 Å². The summed E-state index contributed by atoms with van der Waals surface area (Å²) in [6.45, 7) is 3.25. The summed E-state index contributed by atoms with van der Waals surface area (Å²) in [6, 6.07) is 1.53. The molecule has 10 heteroatoms. The molecular formula is C19H25F3N4O3. The van der Waals surface area contributed by atoms with Crippen molar-refractivity contribution in [3.8, 4) is 0 Å². The van der Waals surface area contributed by atoms with Crippen molar-refractivity contribution in [2.75, 3.05) is 45.8 Å². The van der Waals surface area contributed by atoms with Crippen molar-refractivity contribution < 1.29 is 22.8 Å². The molecule has 29 heavy (non-hydrogen) atoms. The van der Waals surface area contributed by atoms with Crippen LogP contribution >= 0.6 is 0 Å². The topological polar surface area (TPSA) is 65.9 Å². The summed E-state index contributed by atoms with van der Waals surface area (Å²) in [5.74, 6) is -0.312. The maximum absolute atomic E-state index is 12.8. The number of halogens is 3. The molecule has 7 nitrogen and oxygen atoms in total. The minimum atomic E-state index is -4.58. The molecule has 1 aromatic rings. The number of alkyl halides is 3. The van der Waals surface area contributed by atoms with Gasteiger partial charge in [-0.05, 0) is 25.3 Å². The average Bonchev–Trinajstić information content (AvgIpc) is 2.70. The van der Waals surface area contributed by atoms with Crippen molar-refractivity contribution >= 4 is 11.8 Å². The van der Waals surface area contributed by atoms with E-state index >= 15 is 0 Å². The van der Waals surface area contributed by atoms with E-state index in [1.54, 1.807) is 0 Å². The number of rotatable bonds is 4. The van der Waals surface area contributed by atoms with Crippen molar-refractivity contribution in [1.29, 1.82) is 0 Å². The SMILES string of the molecule is O=C(CN1CCN(C(=O)Cn2cc(C(F)(F)F)ccc2=O)CC1)N1CCCCC1. The van der Waals surface area contributed by atoms with E-state index in [0.29, 0.717) is 45.0 Å². The molecule has 0 atom stereocenters. The van der Waals surface area contributed by atoms with Crippen LogP contribution in [0.4, 0.5) is 13.2 Å². The number of amides is 2. The van der Waals surface area contributed by atoms with Crippen LogP contribution < -0.4 is 5.56 Å². The Morgan fingerprint density at radius 1 is 0.828 bits per heavy atom. The van der Waals surface area contributed by atoms with Crippen LogP contribution in [0.1, 0.15) is 24.8 Å². The van der Waals surface area contributed by atoms with E-state index in [-0.39, 0.29) is 5.91 Å². The van der Waals surface area contributed by atoms with E-state index in [1.807, 2.05) is 9.80 Å². The Kier molecular flexibility index (Phi) is 6.61. The van der Waals surface area contributed by atoms with Gasteiger partial charge in [0.1, 0.15) is 6.54 Å². The van der Waals surface area contributed by atoms with Gasteiger partial charge in [-0.3, -0.25) is 19.3 Å². The van der Waals surface area contributed by atoms with Crippen LogP contribution in [0.2, 0.25) is 0 Å². The molecular weight excluding hydrogens is 389 g/mol. The number of hydrogen-bond acceptors (Lipinski definition) is 4. The molecule has 2 saturated heterocycles. The third kappa shape index (κ3) is 5.59. The summed E-state index contributed by atoms with van der Waals surface area (Å²) in [7, 11) is 0. The van der Waals surface area contributed by atoms with Crippen LogP contribution in [0.25, 0.3) is 0 Å². The molecule has 3 rings (SSSR count). The van der Waals surface area contributed by atoms with E-state index in [2.05, 4.69) is 0 Å². The number of carbonyl (C=O) groups excluding carboxylic acids is 2. The fourth-order valence-corrected chi connectivity index (χ4v) is 3.66. The molecule has 0 saturated carbocycles. The highest BCUT2D eigenvalue weighted by molar-refractivity contribution is 5.78. The highest BCUT2D eigenvalue weighted by Crippen LogP contribution is 2.28. The maximum atomic E-state index is 12.8. The average molecular weight is 414 g/mol. The highest BCUT2D eigenvalue weighted by atomic mass is 19.4. The smallest absolute Gasteiger partial charge is 0.342 e. The van der Waals surface area contributed by atoms with Gasteiger partial charge in [0.05, 0.1) is 12.1 Å². The minimum absolute atomic E-state index is 0.0972. The molecule has 2 fully saturated rings. The second-order valence-corrected chi connectivity index (χ2v) is 7.48. The standard InChI is InChI=1S/C19H25F3N4O3/c20-19(21,22)15-4-5-16(27)26(12-15)14-18(29)25-10-8-23(9-11-25)13-17(28)24-6-2-1-3-7-24/h4-5,12H,1-3,6-11,13-14H2. The van der Waals surface area contributed by atoms with Gasteiger partial charge in [-0.25, -0.2) is 0 Å². The van der Waals surface area contributed by atoms with Gasteiger partial charge < -0.3 is 14.4 Å². The lowest BCUT2D eigenvalue weighted by molar-refractivity contribution is -0.139. The fraction of sp³-hybridized carbons (Fsp3) is 0.632. The highest BCUT2D eigenvalue weighted by Gasteiger charge is 2.31. The lowest BCUT2D eigenvalue weighted by Gasteiger charge is -2.36. The molecule has 0 bridgehead atoms. The largest absolute Gasteiger partial charge is 0.417 e. The third-order valence-electron chi connectivity index (χ3n) is 5.41. The number of carbonyl (C=O) groups is 2. The number of piperazine rings is 1. The summed E-state index contributed by atoms with van der Waals surface area (Å²) in [5.41, 5.74) is -1.62. The Morgan fingerprint density at radius 2 is 1.41 bits per heavy atom. The molecule has 160 valence electrons. The number of likely N-dealkylation sites (tertiary alicyclic amines) is 1. The first kappa shape index (κ1) is 21.4. The van der Waals surface area contributed by atoms with Gasteiger partial charge in [0.2, 0.25) is 11.8 Å². The van der Waals surface area contributed by atoms with Crippen LogP contribution in [0.5, 0.6) is 0 Å². The lowest BCUT2D eigenvalue weighted by atomic mass is 10.1. The maximum Gasteiger partial charge on any atom is 0.417 e. The van der Waals surface area contributed by atoms with Crippen molar-refractivity contribution in [3.63, 3.8) is 0 Å². The zero-order chi connectivity index (χ0) is 21.0. The Bertz CT molecular complexity index is 795. The van der Waals surface area contributed by atoms with Crippen LogP contribution in [-0.2, 0) is 22.3 Å². The Balaban J connectivity index is 1.51. The molecule has 2 aliphatic rings. The van der Waals surface area contributed by atoms with Gasteiger partial charge >= 0.3 is 6.18 Å². The van der Waals surface area contributed by atoms with Gasteiger partial charge in [-0.2, -0.15) is 13.2 Å². The predicted octanol–water partition coefficient (Wildman–Crippen LogP) is 1.02. The number of hydrogen-bond donors (Lipinski definition) is 0. The minimum Gasteiger partial charge on any atom is -0.342 e. The van der Waals surface area contributed by atoms with E-state index in [9.17, 15) is 27.6 Å². The van der Waals surface area contributed by atoms with E-state index < -0.39 is 29.8 Å². The van der Waals surface area contributed by atoms with E-state index in [0.717, 1.165) is 43.0 Å². The van der Waals surface area contributed by atoms with Crippen LogP contribution in [0.15, 0.2) is 23.1 Å². The molecule has 2 amide bonds. The molecule has 0 aliphatic carbocycles. The van der Waals surface area contributed by atoms with Crippen molar-refractivity contribution in [3.05, 3.63) is 34.2 Å². The number of aromatic nitrogens is 1. The number of pyridine rings is 1. The van der Waals surface area contributed by atoms with Crippen LogP contribution in [-0.4, -0.2) is 76.9 Å². The normalized spacial score (nSPS) is 18.7. The van der Waals surface area contributed by atoms with Gasteiger partial charge in [0.25, 0.3) is 5.56 Å². The molecule has 2 aliphatic heterocycles. The van der Waals surface area contributed by atoms with Crippen molar-refractivity contribution in [2.24, 2.45) is 0 Å². The summed E-state index contributed by atoms with van der Waals surface area (Å²) >= 11 is 0. The van der Waals surface area contributed by atoms with Gasteiger partial charge in [-0.1, -0.05) is 0 Å². The molecule has 0 N–H and O–H groups in total. The van der Waals surface area contributed by atoms with Gasteiger partial charge in [0.15, 0.2) is 0 Å². The zero-order valence-corrected chi connectivity index (χ0v) is 16.2. The Hall–Kier alpha value is -2.36. The van der Waals surface area contributed by atoms with Gasteiger partial charge in [-0.15, -0.1) is 0 Å².